The Bertz CT molecular complexity index is 975. The highest BCUT2D eigenvalue weighted by molar-refractivity contribution is 6.33. The summed E-state index contributed by atoms with van der Waals surface area (Å²) < 4.78 is 18.9. The van der Waals surface area contributed by atoms with Gasteiger partial charge in [0.2, 0.25) is 11.6 Å². The van der Waals surface area contributed by atoms with E-state index in [1.54, 1.807) is 12.1 Å². The standard InChI is InChI=1S/C17H15ClFN7O/c1-24-21-17(20-23-24)15-5-16(22-27-15)26-8-10-6-25(7-11(10)9-26)14-4-12(19)2-3-13(14)18/h1-5,10-11H,6-9H2. The van der Waals surface area contributed by atoms with Crippen LogP contribution in [0.15, 0.2) is 28.8 Å². The predicted molar refractivity (Wildman–Crippen MR) is 95.8 cm³/mol. The summed E-state index contributed by atoms with van der Waals surface area (Å²) in [5.74, 6) is 2.09. The molecule has 5 rings (SSSR count). The number of hydrogen-bond acceptors (Lipinski definition) is 7. The third-order valence-corrected chi connectivity index (χ3v) is 5.53. The molecule has 2 radical (unpaired) electrons. The molecule has 0 N–H and O–H groups in total. The Hall–Kier alpha value is -2.68. The van der Waals surface area contributed by atoms with E-state index in [1.165, 1.54) is 12.1 Å². The van der Waals surface area contributed by atoms with Crippen molar-refractivity contribution in [1.82, 2.24) is 25.4 Å². The first-order valence-electron chi connectivity index (χ1n) is 8.54. The maximum atomic E-state index is 13.6. The third kappa shape index (κ3) is 2.91. The zero-order valence-electron chi connectivity index (χ0n) is 14.2. The van der Waals surface area contributed by atoms with Crippen LogP contribution in [0.25, 0.3) is 11.6 Å². The molecule has 0 amide bonds. The number of benzene rings is 1. The van der Waals surface area contributed by atoms with Gasteiger partial charge in [-0.05, 0) is 23.4 Å². The summed E-state index contributed by atoms with van der Waals surface area (Å²) in [6, 6.07) is 6.28. The minimum atomic E-state index is -0.272. The quantitative estimate of drug-likeness (QED) is 0.682. The topological polar surface area (TPSA) is 76.1 Å². The lowest BCUT2D eigenvalue weighted by Crippen LogP contribution is -2.29. The van der Waals surface area contributed by atoms with Crippen LogP contribution in [0.4, 0.5) is 15.9 Å². The summed E-state index contributed by atoms with van der Waals surface area (Å²) in [6.07, 6.45) is 0. The lowest BCUT2D eigenvalue weighted by molar-refractivity contribution is 0.429. The minimum absolute atomic E-state index is 0.272. The number of nitrogens with zero attached hydrogens (tertiary/aromatic N) is 7. The van der Waals surface area contributed by atoms with Crippen LogP contribution < -0.4 is 9.80 Å². The third-order valence-electron chi connectivity index (χ3n) is 5.21. The molecule has 2 aliphatic heterocycles. The lowest BCUT2D eigenvalue weighted by Gasteiger charge is -2.23. The molecule has 2 aromatic heterocycles. The Morgan fingerprint density at radius 3 is 2.56 bits per heavy atom. The fourth-order valence-corrected chi connectivity index (χ4v) is 4.19. The van der Waals surface area contributed by atoms with Gasteiger partial charge in [0.15, 0.2) is 5.82 Å². The fourth-order valence-electron chi connectivity index (χ4n) is 3.95. The molecule has 3 aromatic rings. The number of halogens is 2. The first-order valence-corrected chi connectivity index (χ1v) is 8.92. The molecule has 138 valence electrons. The second kappa shape index (κ2) is 6.19. The van der Waals surface area contributed by atoms with Gasteiger partial charge in [-0.3, -0.25) is 0 Å². The zero-order valence-corrected chi connectivity index (χ0v) is 14.9. The van der Waals surface area contributed by atoms with Gasteiger partial charge in [-0.2, -0.15) is 4.80 Å². The van der Waals surface area contributed by atoms with Gasteiger partial charge in [-0.25, -0.2) is 4.39 Å². The molecule has 1 aromatic carbocycles. The van der Waals surface area contributed by atoms with Crippen molar-refractivity contribution >= 4 is 23.1 Å². The van der Waals surface area contributed by atoms with Gasteiger partial charge in [0.25, 0.3) is 0 Å². The van der Waals surface area contributed by atoms with Crippen LogP contribution in [-0.4, -0.2) is 51.5 Å². The number of aromatic nitrogens is 5. The van der Waals surface area contributed by atoms with Crippen molar-refractivity contribution in [3.05, 3.63) is 42.2 Å². The van der Waals surface area contributed by atoms with Gasteiger partial charge in [0, 0.05) is 44.1 Å². The van der Waals surface area contributed by atoms with E-state index < -0.39 is 0 Å². The van der Waals surface area contributed by atoms with E-state index in [1.807, 2.05) is 0 Å². The predicted octanol–water partition coefficient (Wildman–Crippen LogP) is 2.21. The van der Waals surface area contributed by atoms with E-state index in [4.69, 9.17) is 23.2 Å². The maximum Gasteiger partial charge on any atom is 0.243 e. The molecule has 10 heteroatoms. The van der Waals surface area contributed by atoms with Crippen molar-refractivity contribution < 1.29 is 8.91 Å². The molecule has 2 atom stereocenters. The number of fused-ring (bicyclic) bond motifs is 1. The second-order valence-electron chi connectivity index (χ2n) is 6.91. The summed E-state index contributed by atoms with van der Waals surface area (Å²) in [6.45, 7) is 3.35. The number of tetrazole rings is 1. The molecule has 0 spiro atoms. The van der Waals surface area contributed by atoms with Crippen LogP contribution in [0, 0.1) is 24.7 Å². The van der Waals surface area contributed by atoms with Crippen LogP contribution >= 0.6 is 11.6 Å². The molecule has 0 aliphatic carbocycles. The van der Waals surface area contributed by atoms with Crippen molar-refractivity contribution in [2.75, 3.05) is 36.0 Å². The Balaban J connectivity index is 1.29. The van der Waals surface area contributed by atoms with E-state index in [2.05, 4.69) is 30.4 Å². The molecule has 2 saturated heterocycles. The highest BCUT2D eigenvalue weighted by atomic mass is 35.5. The van der Waals surface area contributed by atoms with Gasteiger partial charge in [0.1, 0.15) is 12.9 Å². The lowest BCUT2D eigenvalue weighted by atomic mass is 10.0. The average Bonchev–Trinajstić information content (AvgIpc) is 3.38. The first kappa shape index (κ1) is 16.5. The van der Waals surface area contributed by atoms with E-state index in [9.17, 15) is 4.39 Å². The molecule has 8 nitrogen and oxygen atoms in total. The smallest absolute Gasteiger partial charge is 0.243 e. The van der Waals surface area contributed by atoms with E-state index in [-0.39, 0.29) is 5.82 Å². The molecule has 2 aliphatic rings. The Labute approximate surface area is 159 Å². The molecule has 2 unspecified atom stereocenters. The number of hydrogen-bond donors (Lipinski definition) is 0. The normalized spacial score (nSPS) is 21.9. The van der Waals surface area contributed by atoms with Crippen molar-refractivity contribution in [1.29, 1.82) is 0 Å². The van der Waals surface area contributed by atoms with Crippen molar-refractivity contribution in [2.45, 2.75) is 0 Å². The van der Waals surface area contributed by atoms with Crippen molar-refractivity contribution in [2.24, 2.45) is 11.8 Å². The zero-order chi connectivity index (χ0) is 18.5. The number of anilines is 2. The summed E-state index contributed by atoms with van der Waals surface area (Å²) >= 11 is 6.25. The molecular weight excluding hydrogens is 373 g/mol. The Morgan fingerprint density at radius 2 is 1.85 bits per heavy atom. The molecule has 0 bridgehead atoms. The van der Waals surface area contributed by atoms with Crippen molar-refractivity contribution in [3.8, 4) is 11.6 Å². The monoisotopic (exact) mass is 387 g/mol. The first-order chi connectivity index (χ1) is 13.1. The second-order valence-corrected chi connectivity index (χ2v) is 7.32. The van der Waals surface area contributed by atoms with Gasteiger partial charge < -0.3 is 14.3 Å². The van der Waals surface area contributed by atoms with Gasteiger partial charge in [-0.15, -0.1) is 10.2 Å². The molecule has 0 saturated carbocycles. The van der Waals surface area contributed by atoms with Gasteiger partial charge >= 0.3 is 0 Å². The summed E-state index contributed by atoms with van der Waals surface area (Å²) in [7, 11) is 5.41. The maximum absolute atomic E-state index is 13.6. The van der Waals surface area contributed by atoms with Crippen LogP contribution in [0.5, 0.6) is 0 Å². The molecule has 4 heterocycles. The van der Waals surface area contributed by atoms with Crippen LogP contribution in [-0.2, 0) is 0 Å². The largest absolute Gasteiger partial charge is 0.370 e. The highest BCUT2D eigenvalue weighted by Gasteiger charge is 2.41. The highest BCUT2D eigenvalue weighted by Crippen LogP contribution is 2.38. The summed E-state index contributed by atoms with van der Waals surface area (Å²) in [4.78, 5) is 5.22. The average molecular weight is 388 g/mol. The Morgan fingerprint density at radius 1 is 1.11 bits per heavy atom. The molecular formula is C17H15ClFN7O. The van der Waals surface area contributed by atoms with Crippen LogP contribution in [0.3, 0.4) is 0 Å². The minimum Gasteiger partial charge on any atom is -0.370 e. The SMILES string of the molecule is [CH]n1nnc(-c2cc(N3CC4CN(c5cc(F)ccc5Cl)CC4C3)no2)n1. The van der Waals surface area contributed by atoms with Crippen LogP contribution in [0.2, 0.25) is 5.02 Å². The fraction of sp³-hybridized carbons (Fsp3) is 0.353. The summed E-state index contributed by atoms with van der Waals surface area (Å²) in [5.41, 5.74) is 0.761. The number of rotatable bonds is 3. The van der Waals surface area contributed by atoms with Crippen molar-refractivity contribution in [3.63, 3.8) is 0 Å². The molecule has 27 heavy (non-hydrogen) atoms. The summed E-state index contributed by atoms with van der Waals surface area (Å²) in [5, 5.41) is 16.0. The van der Waals surface area contributed by atoms with E-state index in [0.717, 1.165) is 42.5 Å². The van der Waals surface area contributed by atoms with Crippen LogP contribution in [0.1, 0.15) is 0 Å². The Kier molecular flexibility index (Phi) is 3.78. The van der Waals surface area contributed by atoms with Gasteiger partial charge in [-0.1, -0.05) is 16.8 Å². The van der Waals surface area contributed by atoms with E-state index >= 15 is 0 Å². The van der Waals surface area contributed by atoms with Gasteiger partial charge in [0.05, 0.1) is 10.7 Å². The van der Waals surface area contributed by atoms with E-state index in [0.29, 0.717) is 28.4 Å². The molecule has 2 fully saturated rings.